The number of rotatable bonds is 1. The molecule has 0 aromatic heterocycles. The quantitative estimate of drug-likeness (QED) is 0.544. The minimum absolute atomic E-state index is 0.00112. The molecule has 0 saturated heterocycles. The van der Waals surface area contributed by atoms with Crippen LogP contribution in [0, 0.1) is 11.6 Å². The number of halogens is 2. The van der Waals surface area contributed by atoms with Crippen LogP contribution in [-0.2, 0) is 16.9 Å². The van der Waals surface area contributed by atoms with E-state index in [2.05, 4.69) is 0 Å². The topological polar surface area (TPSA) is 102 Å². The monoisotopic (exact) mass is 397 g/mol. The number of ether oxygens (including phenoxy) is 2. The second-order valence-electron chi connectivity index (χ2n) is 6.82. The van der Waals surface area contributed by atoms with Gasteiger partial charge in [0, 0.05) is 24.2 Å². The molecule has 0 aliphatic carbocycles. The maximum absolute atomic E-state index is 14.3. The van der Waals surface area contributed by atoms with Crippen molar-refractivity contribution in [3.05, 3.63) is 81.9 Å². The summed E-state index contributed by atoms with van der Waals surface area (Å²) in [7, 11) is 0. The molecule has 0 atom stereocenters. The number of aromatic hydroxyl groups is 2. The van der Waals surface area contributed by atoms with Gasteiger partial charge in [-0.3, -0.25) is 0 Å². The first kappa shape index (κ1) is 17.4. The number of phenols is 2. The third-order valence-corrected chi connectivity index (χ3v) is 5.28. The second-order valence-corrected chi connectivity index (χ2v) is 6.82. The van der Waals surface area contributed by atoms with Crippen LogP contribution in [0.2, 0.25) is 0 Å². The number of esters is 1. The number of benzene rings is 3. The third kappa shape index (κ3) is 2.14. The van der Waals surface area contributed by atoms with Crippen molar-refractivity contribution in [2.24, 2.45) is 5.73 Å². The van der Waals surface area contributed by atoms with E-state index in [-0.39, 0.29) is 34.7 Å². The smallest absolute Gasteiger partial charge is 0.340 e. The fraction of sp³-hybridized carbons (Fsp3) is 0.0952. The van der Waals surface area contributed by atoms with E-state index in [0.717, 1.165) is 24.3 Å². The highest BCUT2D eigenvalue weighted by Crippen LogP contribution is 2.57. The van der Waals surface area contributed by atoms with Crippen LogP contribution in [0.3, 0.4) is 0 Å². The maximum atomic E-state index is 14.3. The van der Waals surface area contributed by atoms with Crippen LogP contribution in [0.15, 0.2) is 42.5 Å². The molecule has 146 valence electrons. The predicted octanol–water partition coefficient (Wildman–Crippen LogP) is 3.40. The van der Waals surface area contributed by atoms with Gasteiger partial charge in [0.05, 0.1) is 16.7 Å². The number of nitrogens with two attached hydrogens (primary N) is 1. The van der Waals surface area contributed by atoms with E-state index in [0.29, 0.717) is 11.1 Å². The molecule has 0 amide bonds. The molecule has 0 unspecified atom stereocenters. The zero-order valence-corrected chi connectivity index (χ0v) is 14.7. The van der Waals surface area contributed by atoms with E-state index in [1.165, 1.54) is 0 Å². The van der Waals surface area contributed by atoms with Crippen LogP contribution in [0.4, 0.5) is 8.78 Å². The standard InChI is InChI=1S/C21H13F2NO5/c22-13-4-11-17(6-15(13)25)28-18-7-16(26)14(23)5-12(18)21(11)10-3-1-2-9(8-24)19(10)20(27)29-21/h1-7,25-26H,8,24H2. The average molecular weight is 397 g/mol. The van der Waals surface area contributed by atoms with E-state index in [4.69, 9.17) is 15.2 Å². The molecule has 3 aromatic carbocycles. The number of hydrogen-bond acceptors (Lipinski definition) is 6. The van der Waals surface area contributed by atoms with Crippen molar-refractivity contribution in [2.75, 3.05) is 0 Å². The van der Waals surface area contributed by atoms with Crippen LogP contribution in [0.25, 0.3) is 0 Å². The minimum Gasteiger partial charge on any atom is -0.505 e. The SMILES string of the molecule is NCc1cccc2c1C(=O)OC21c2cc(F)c(O)cc2Oc2cc(O)c(F)cc21. The van der Waals surface area contributed by atoms with E-state index in [1.807, 2.05) is 0 Å². The molecule has 0 bridgehead atoms. The van der Waals surface area contributed by atoms with Gasteiger partial charge in [-0.1, -0.05) is 18.2 Å². The Kier molecular flexibility index (Phi) is 3.42. The summed E-state index contributed by atoms with van der Waals surface area (Å²) in [6.07, 6.45) is 0. The van der Waals surface area contributed by atoms with Crippen molar-refractivity contribution < 1.29 is 33.3 Å². The molecule has 8 heteroatoms. The predicted molar refractivity (Wildman–Crippen MR) is 95.8 cm³/mol. The van der Waals surface area contributed by atoms with Gasteiger partial charge in [0.25, 0.3) is 0 Å². The molecule has 0 radical (unpaired) electrons. The van der Waals surface area contributed by atoms with Crippen LogP contribution in [0.1, 0.15) is 32.6 Å². The molecule has 2 heterocycles. The van der Waals surface area contributed by atoms with E-state index >= 15 is 0 Å². The Morgan fingerprint density at radius 2 is 1.52 bits per heavy atom. The molecular weight excluding hydrogens is 384 g/mol. The summed E-state index contributed by atoms with van der Waals surface area (Å²) in [6, 6.07) is 8.96. The van der Waals surface area contributed by atoms with Crippen molar-refractivity contribution in [3.8, 4) is 23.0 Å². The summed E-state index contributed by atoms with van der Waals surface area (Å²) < 4.78 is 40.0. The lowest BCUT2D eigenvalue weighted by atomic mass is 9.77. The molecule has 2 aliphatic heterocycles. The molecule has 4 N–H and O–H groups in total. The molecule has 3 aromatic rings. The summed E-state index contributed by atoms with van der Waals surface area (Å²) in [5.41, 5.74) is 5.24. The Labute approximate surface area is 162 Å². The van der Waals surface area contributed by atoms with Crippen molar-refractivity contribution in [2.45, 2.75) is 12.1 Å². The number of hydrogen-bond donors (Lipinski definition) is 3. The summed E-state index contributed by atoms with van der Waals surface area (Å²) >= 11 is 0. The van der Waals surface area contributed by atoms with Crippen LogP contribution < -0.4 is 10.5 Å². The van der Waals surface area contributed by atoms with Gasteiger partial charge in [0.1, 0.15) is 11.5 Å². The van der Waals surface area contributed by atoms with Gasteiger partial charge < -0.3 is 25.4 Å². The molecular formula is C21H13F2NO5. The number of fused-ring (bicyclic) bond motifs is 6. The normalized spacial score (nSPS) is 15.3. The fourth-order valence-corrected chi connectivity index (χ4v) is 4.02. The summed E-state index contributed by atoms with van der Waals surface area (Å²) in [5.74, 6) is -3.98. The molecule has 0 saturated carbocycles. The van der Waals surface area contributed by atoms with Crippen LogP contribution >= 0.6 is 0 Å². The molecule has 2 aliphatic rings. The van der Waals surface area contributed by atoms with Gasteiger partial charge in [-0.15, -0.1) is 0 Å². The van der Waals surface area contributed by atoms with Crippen LogP contribution in [0.5, 0.6) is 23.0 Å². The maximum Gasteiger partial charge on any atom is 0.340 e. The minimum atomic E-state index is -1.73. The first-order chi connectivity index (χ1) is 13.9. The summed E-state index contributed by atoms with van der Waals surface area (Å²) in [6.45, 7) is 0.0540. The van der Waals surface area contributed by atoms with Gasteiger partial charge in [-0.05, 0) is 17.7 Å². The zero-order chi connectivity index (χ0) is 20.5. The first-order valence-corrected chi connectivity index (χ1v) is 8.66. The highest BCUT2D eigenvalue weighted by atomic mass is 19.1. The van der Waals surface area contributed by atoms with Crippen molar-refractivity contribution in [1.82, 2.24) is 0 Å². The molecule has 29 heavy (non-hydrogen) atoms. The Morgan fingerprint density at radius 3 is 2.07 bits per heavy atom. The third-order valence-electron chi connectivity index (χ3n) is 5.28. The van der Waals surface area contributed by atoms with Crippen molar-refractivity contribution >= 4 is 5.97 Å². The van der Waals surface area contributed by atoms with E-state index in [1.54, 1.807) is 18.2 Å². The van der Waals surface area contributed by atoms with E-state index < -0.39 is 34.7 Å². The van der Waals surface area contributed by atoms with Crippen LogP contribution in [-0.4, -0.2) is 16.2 Å². The average Bonchev–Trinajstić information content (AvgIpc) is 2.99. The number of carbonyl (C=O) groups excluding carboxylic acids is 1. The Morgan fingerprint density at radius 1 is 0.931 bits per heavy atom. The summed E-state index contributed by atoms with van der Waals surface area (Å²) in [5, 5.41) is 19.6. The van der Waals surface area contributed by atoms with Gasteiger partial charge in [0.2, 0.25) is 0 Å². The molecule has 1 spiro atoms. The Bertz CT molecular complexity index is 1170. The fourth-order valence-electron chi connectivity index (χ4n) is 4.02. The molecule has 6 nitrogen and oxygen atoms in total. The zero-order valence-electron chi connectivity index (χ0n) is 14.7. The lowest BCUT2D eigenvalue weighted by molar-refractivity contribution is 0.0221. The van der Waals surface area contributed by atoms with Crippen molar-refractivity contribution in [1.29, 1.82) is 0 Å². The second kappa shape index (κ2) is 5.68. The first-order valence-electron chi connectivity index (χ1n) is 8.66. The van der Waals surface area contributed by atoms with Gasteiger partial charge in [0.15, 0.2) is 28.7 Å². The Hall–Kier alpha value is -3.65. The largest absolute Gasteiger partial charge is 0.505 e. The van der Waals surface area contributed by atoms with E-state index in [9.17, 15) is 23.8 Å². The highest BCUT2D eigenvalue weighted by Gasteiger charge is 2.54. The Balaban J connectivity index is 1.94. The number of phenolic OH excluding ortho intramolecular Hbond substituents is 2. The highest BCUT2D eigenvalue weighted by molar-refractivity contribution is 5.98. The molecule has 5 rings (SSSR count). The van der Waals surface area contributed by atoms with Gasteiger partial charge >= 0.3 is 5.97 Å². The molecule has 0 fully saturated rings. The van der Waals surface area contributed by atoms with Crippen molar-refractivity contribution in [3.63, 3.8) is 0 Å². The lowest BCUT2D eigenvalue weighted by Gasteiger charge is -2.36. The lowest BCUT2D eigenvalue weighted by Crippen LogP contribution is -2.33. The van der Waals surface area contributed by atoms with Gasteiger partial charge in [-0.2, -0.15) is 0 Å². The number of carbonyl (C=O) groups is 1. The summed E-state index contributed by atoms with van der Waals surface area (Å²) in [4.78, 5) is 12.8. The van der Waals surface area contributed by atoms with Gasteiger partial charge in [-0.25, -0.2) is 13.6 Å².